The van der Waals surface area contributed by atoms with Crippen LogP contribution in [0.5, 0.6) is 5.75 Å². The van der Waals surface area contributed by atoms with Gasteiger partial charge in [0.2, 0.25) is 5.91 Å². The van der Waals surface area contributed by atoms with Gasteiger partial charge in [0.1, 0.15) is 10.8 Å². The first-order valence-corrected chi connectivity index (χ1v) is 14.2. The van der Waals surface area contributed by atoms with Crippen LogP contribution in [0.15, 0.2) is 42.1 Å². The van der Waals surface area contributed by atoms with E-state index in [-0.39, 0.29) is 11.7 Å². The molecule has 37 heavy (non-hydrogen) atoms. The second kappa shape index (κ2) is 12.4. The van der Waals surface area contributed by atoms with Crippen molar-refractivity contribution in [2.75, 3.05) is 18.2 Å². The van der Waals surface area contributed by atoms with E-state index in [1.807, 2.05) is 42.7 Å². The lowest BCUT2D eigenvalue weighted by Gasteiger charge is -2.13. The minimum absolute atomic E-state index is 0.114. The molecule has 0 atom stereocenters. The smallest absolute Gasteiger partial charge is 0.341 e. The van der Waals surface area contributed by atoms with E-state index in [0.717, 1.165) is 34.6 Å². The predicted octanol–water partition coefficient (Wildman–Crippen LogP) is 5.90. The number of thioether (sulfide) groups is 1. The fourth-order valence-electron chi connectivity index (χ4n) is 4.49. The third kappa shape index (κ3) is 6.24. The number of aromatic nitrogens is 3. The highest BCUT2D eigenvalue weighted by Crippen LogP contribution is 2.34. The first kappa shape index (κ1) is 26.9. The van der Waals surface area contributed by atoms with E-state index in [1.54, 1.807) is 6.08 Å². The number of benzene rings is 1. The zero-order valence-corrected chi connectivity index (χ0v) is 23.0. The van der Waals surface area contributed by atoms with Crippen LogP contribution >= 0.6 is 23.1 Å². The van der Waals surface area contributed by atoms with Gasteiger partial charge in [-0.1, -0.05) is 24.8 Å². The van der Waals surface area contributed by atoms with Crippen molar-refractivity contribution in [3.63, 3.8) is 0 Å². The van der Waals surface area contributed by atoms with Crippen LogP contribution in [0.2, 0.25) is 0 Å². The Labute approximate surface area is 225 Å². The number of thiophene rings is 1. The lowest BCUT2D eigenvalue weighted by Crippen LogP contribution is -2.16. The third-order valence-electron chi connectivity index (χ3n) is 6.28. The van der Waals surface area contributed by atoms with E-state index in [1.165, 1.54) is 43.1 Å². The average molecular weight is 541 g/mol. The molecule has 0 spiro atoms. The number of carbonyl (C=O) groups excluding carboxylic acids is 2. The molecular formula is C27H32N4O4S2. The average Bonchev–Trinajstić information content (AvgIpc) is 3.62. The maximum absolute atomic E-state index is 12.8. The summed E-state index contributed by atoms with van der Waals surface area (Å²) in [5.74, 6) is 0.992. The second-order valence-electron chi connectivity index (χ2n) is 8.78. The van der Waals surface area contributed by atoms with Crippen molar-refractivity contribution >= 4 is 40.0 Å². The van der Waals surface area contributed by atoms with Crippen LogP contribution in [0.1, 0.15) is 53.4 Å². The Morgan fingerprint density at radius 3 is 2.62 bits per heavy atom. The van der Waals surface area contributed by atoms with E-state index < -0.39 is 5.97 Å². The fourth-order valence-corrected chi connectivity index (χ4v) is 6.38. The molecule has 1 saturated carbocycles. The number of rotatable bonds is 11. The Morgan fingerprint density at radius 2 is 1.97 bits per heavy atom. The molecule has 0 aliphatic heterocycles. The number of nitrogens with one attached hydrogen (secondary N) is 1. The number of anilines is 1. The van der Waals surface area contributed by atoms with E-state index >= 15 is 0 Å². The minimum atomic E-state index is -0.445. The minimum Gasteiger partial charge on any atom is -0.490 e. The molecule has 0 bridgehead atoms. The third-order valence-corrected chi connectivity index (χ3v) is 8.31. The van der Waals surface area contributed by atoms with Crippen LogP contribution in [0.25, 0.3) is 11.4 Å². The highest BCUT2D eigenvalue weighted by molar-refractivity contribution is 7.99. The molecule has 0 saturated heterocycles. The Balaban J connectivity index is 1.45. The first-order valence-electron chi connectivity index (χ1n) is 12.4. The number of amides is 1. The standard InChI is InChI=1S/C27H32N4O4S2/c1-5-15-31-24(18-11-13-20(14-12-18)35-19-9-7-8-10-19)29-30-27(31)36-16-22(32)28-25-23(26(33)34-4)21(6-2)17(3)37-25/h5,11-14,19H,1,6-10,15-16H2,2-4H3,(H,28,32). The lowest BCUT2D eigenvalue weighted by atomic mass is 10.1. The second-order valence-corrected chi connectivity index (χ2v) is 10.9. The molecule has 1 aliphatic rings. The van der Waals surface area contributed by atoms with Gasteiger partial charge < -0.3 is 14.8 Å². The van der Waals surface area contributed by atoms with Crippen LogP contribution in [0, 0.1) is 6.92 Å². The monoisotopic (exact) mass is 540 g/mol. The number of carbonyl (C=O) groups is 2. The molecule has 4 rings (SSSR count). The summed E-state index contributed by atoms with van der Waals surface area (Å²) in [5.41, 5.74) is 2.24. The van der Waals surface area contributed by atoms with E-state index in [4.69, 9.17) is 9.47 Å². The Hall–Kier alpha value is -3.11. The number of methoxy groups -OCH3 is 1. The molecule has 196 valence electrons. The zero-order valence-electron chi connectivity index (χ0n) is 21.4. The van der Waals surface area contributed by atoms with Crippen LogP contribution in [0.3, 0.4) is 0 Å². The van der Waals surface area contributed by atoms with Crippen LogP contribution in [0.4, 0.5) is 5.00 Å². The predicted molar refractivity (Wildman–Crippen MR) is 148 cm³/mol. The molecule has 1 N–H and O–H groups in total. The van der Waals surface area contributed by atoms with Crippen LogP contribution in [-0.4, -0.2) is 45.6 Å². The van der Waals surface area contributed by atoms with Gasteiger partial charge in [-0.15, -0.1) is 28.1 Å². The van der Waals surface area contributed by atoms with Gasteiger partial charge in [-0.05, 0) is 68.9 Å². The maximum Gasteiger partial charge on any atom is 0.341 e. The summed E-state index contributed by atoms with van der Waals surface area (Å²) in [7, 11) is 1.34. The zero-order chi connectivity index (χ0) is 26.4. The van der Waals surface area contributed by atoms with Crippen molar-refractivity contribution < 1.29 is 19.1 Å². The molecule has 2 heterocycles. The first-order chi connectivity index (χ1) is 17.9. The Kier molecular flexibility index (Phi) is 9.04. The van der Waals surface area contributed by atoms with Crippen molar-refractivity contribution in [1.29, 1.82) is 0 Å². The quantitative estimate of drug-likeness (QED) is 0.184. The molecule has 1 aliphatic carbocycles. The maximum atomic E-state index is 12.8. The molecule has 8 nitrogen and oxygen atoms in total. The molecule has 0 radical (unpaired) electrons. The van der Waals surface area contributed by atoms with Crippen molar-refractivity contribution in [1.82, 2.24) is 14.8 Å². The van der Waals surface area contributed by atoms with Gasteiger partial charge >= 0.3 is 5.97 Å². The summed E-state index contributed by atoms with van der Waals surface area (Å²) in [4.78, 5) is 26.1. The molecule has 1 amide bonds. The van der Waals surface area contributed by atoms with Gasteiger partial charge in [0.15, 0.2) is 11.0 Å². The van der Waals surface area contributed by atoms with Crippen molar-refractivity contribution in [2.24, 2.45) is 0 Å². The van der Waals surface area contributed by atoms with E-state index in [0.29, 0.717) is 40.6 Å². The van der Waals surface area contributed by atoms with E-state index in [2.05, 4.69) is 22.1 Å². The van der Waals surface area contributed by atoms with Gasteiger partial charge in [0.25, 0.3) is 0 Å². The summed E-state index contributed by atoms with van der Waals surface area (Å²) < 4.78 is 12.9. The summed E-state index contributed by atoms with van der Waals surface area (Å²) in [6.45, 7) is 8.28. The molecule has 0 unspecified atom stereocenters. The van der Waals surface area contributed by atoms with Crippen LogP contribution < -0.4 is 10.1 Å². The summed E-state index contributed by atoms with van der Waals surface area (Å²) in [6.07, 6.45) is 7.44. The summed E-state index contributed by atoms with van der Waals surface area (Å²) >= 11 is 2.67. The Morgan fingerprint density at radius 1 is 1.24 bits per heavy atom. The number of ether oxygens (including phenoxy) is 2. The van der Waals surface area contributed by atoms with Crippen LogP contribution in [-0.2, 0) is 22.5 Å². The summed E-state index contributed by atoms with van der Waals surface area (Å²) in [5, 5.41) is 12.7. The number of esters is 1. The number of aryl methyl sites for hydroxylation is 1. The van der Waals surface area contributed by atoms with E-state index in [9.17, 15) is 9.59 Å². The molecule has 2 aromatic heterocycles. The topological polar surface area (TPSA) is 95.3 Å². The van der Waals surface area contributed by atoms with Gasteiger partial charge in [-0.2, -0.15) is 0 Å². The number of hydrogen-bond acceptors (Lipinski definition) is 8. The Bertz CT molecular complexity index is 1260. The fraction of sp³-hybridized carbons (Fsp3) is 0.407. The van der Waals surface area contributed by atoms with Crippen molar-refractivity contribution in [3.8, 4) is 17.1 Å². The normalized spacial score (nSPS) is 13.5. The van der Waals surface area contributed by atoms with Gasteiger partial charge in [0, 0.05) is 17.0 Å². The molecular weight excluding hydrogens is 508 g/mol. The summed E-state index contributed by atoms with van der Waals surface area (Å²) in [6, 6.07) is 7.89. The largest absolute Gasteiger partial charge is 0.490 e. The lowest BCUT2D eigenvalue weighted by molar-refractivity contribution is -0.113. The molecule has 10 heteroatoms. The highest BCUT2D eigenvalue weighted by Gasteiger charge is 2.23. The molecule has 1 fully saturated rings. The number of nitrogens with zero attached hydrogens (tertiary/aromatic N) is 3. The van der Waals surface area contributed by atoms with Gasteiger partial charge in [-0.3, -0.25) is 9.36 Å². The SMILES string of the molecule is C=CCn1c(SCC(=O)Nc2sc(C)c(CC)c2C(=O)OC)nnc1-c1ccc(OC2CCCC2)cc1. The number of allylic oxidation sites excluding steroid dienone is 1. The number of hydrogen-bond donors (Lipinski definition) is 1. The highest BCUT2D eigenvalue weighted by atomic mass is 32.2. The van der Waals surface area contributed by atoms with Gasteiger partial charge in [-0.25, -0.2) is 4.79 Å². The molecule has 3 aromatic rings. The van der Waals surface area contributed by atoms with Crippen molar-refractivity contribution in [2.45, 2.75) is 63.8 Å². The molecule has 1 aromatic carbocycles. The van der Waals surface area contributed by atoms with Gasteiger partial charge in [0.05, 0.1) is 24.5 Å². The van der Waals surface area contributed by atoms with Crippen molar-refractivity contribution in [3.05, 3.63) is 52.9 Å².